The largest absolute Gasteiger partial charge is 0.393 e. The average molecular weight is 240 g/mol. The molecular formula is C16H32O. The van der Waals surface area contributed by atoms with Crippen molar-refractivity contribution in [3.05, 3.63) is 12.7 Å². The van der Waals surface area contributed by atoms with E-state index in [-0.39, 0.29) is 6.10 Å². The van der Waals surface area contributed by atoms with Crippen molar-refractivity contribution in [3.63, 3.8) is 0 Å². The van der Waals surface area contributed by atoms with Crippen LogP contribution in [0.5, 0.6) is 0 Å². The highest BCUT2D eigenvalue weighted by atomic mass is 16.3. The standard InChI is InChI=1S/C16H32O/c1-4-6-8-13-16(17)14-10-7-9-12-15(3)11-5-2/h4,15-17H,1,5-14H2,2-3H3/t15-,16-/m1/s1. The first-order valence-electron chi connectivity index (χ1n) is 7.49. The van der Waals surface area contributed by atoms with Crippen LogP contribution in [0.25, 0.3) is 0 Å². The van der Waals surface area contributed by atoms with Crippen molar-refractivity contribution in [2.45, 2.75) is 84.2 Å². The van der Waals surface area contributed by atoms with Crippen LogP contribution in [-0.2, 0) is 0 Å². The fraction of sp³-hybridized carbons (Fsp3) is 0.875. The van der Waals surface area contributed by atoms with E-state index in [0.717, 1.165) is 31.6 Å². The van der Waals surface area contributed by atoms with Crippen molar-refractivity contribution >= 4 is 0 Å². The smallest absolute Gasteiger partial charge is 0.0540 e. The molecule has 0 unspecified atom stereocenters. The lowest BCUT2D eigenvalue weighted by Gasteiger charge is -2.11. The highest BCUT2D eigenvalue weighted by Gasteiger charge is 2.04. The van der Waals surface area contributed by atoms with Gasteiger partial charge in [-0.3, -0.25) is 0 Å². The predicted octanol–water partition coefficient (Wildman–Crippen LogP) is 5.09. The second-order valence-corrected chi connectivity index (χ2v) is 5.41. The number of aliphatic hydroxyl groups excluding tert-OH is 1. The zero-order valence-electron chi connectivity index (χ0n) is 12.0. The van der Waals surface area contributed by atoms with E-state index in [2.05, 4.69) is 20.4 Å². The first kappa shape index (κ1) is 16.7. The third-order valence-electron chi connectivity index (χ3n) is 3.46. The summed E-state index contributed by atoms with van der Waals surface area (Å²) in [4.78, 5) is 0. The minimum atomic E-state index is -0.0805. The van der Waals surface area contributed by atoms with Crippen LogP contribution < -0.4 is 0 Å². The molecule has 0 aliphatic heterocycles. The second-order valence-electron chi connectivity index (χ2n) is 5.41. The number of hydrogen-bond donors (Lipinski definition) is 1. The first-order valence-corrected chi connectivity index (χ1v) is 7.49. The average Bonchev–Trinajstić information content (AvgIpc) is 2.29. The molecule has 1 heteroatoms. The number of allylic oxidation sites excluding steroid dienone is 1. The third kappa shape index (κ3) is 12.0. The lowest BCUT2D eigenvalue weighted by Crippen LogP contribution is -2.05. The van der Waals surface area contributed by atoms with Crippen LogP contribution in [-0.4, -0.2) is 11.2 Å². The van der Waals surface area contributed by atoms with E-state index in [1.165, 1.54) is 38.5 Å². The Morgan fingerprint density at radius 3 is 2.29 bits per heavy atom. The number of rotatable bonds is 12. The van der Waals surface area contributed by atoms with Crippen molar-refractivity contribution in [1.29, 1.82) is 0 Å². The van der Waals surface area contributed by atoms with Crippen molar-refractivity contribution in [3.8, 4) is 0 Å². The summed E-state index contributed by atoms with van der Waals surface area (Å²) in [6.45, 7) is 8.31. The van der Waals surface area contributed by atoms with E-state index in [9.17, 15) is 5.11 Å². The molecule has 2 atom stereocenters. The summed E-state index contributed by atoms with van der Waals surface area (Å²) in [7, 11) is 0. The van der Waals surface area contributed by atoms with E-state index in [1.807, 2.05) is 6.08 Å². The van der Waals surface area contributed by atoms with Gasteiger partial charge in [0, 0.05) is 0 Å². The van der Waals surface area contributed by atoms with Crippen LogP contribution in [0.15, 0.2) is 12.7 Å². The van der Waals surface area contributed by atoms with Gasteiger partial charge in [-0.15, -0.1) is 6.58 Å². The summed E-state index contributed by atoms with van der Waals surface area (Å²) in [6.07, 6.45) is 13.7. The monoisotopic (exact) mass is 240 g/mol. The van der Waals surface area contributed by atoms with E-state index >= 15 is 0 Å². The lowest BCUT2D eigenvalue weighted by atomic mass is 9.97. The van der Waals surface area contributed by atoms with Gasteiger partial charge in [-0.05, 0) is 31.6 Å². The number of aliphatic hydroxyl groups is 1. The predicted molar refractivity (Wildman–Crippen MR) is 77.2 cm³/mol. The Kier molecular flexibility index (Phi) is 12.0. The van der Waals surface area contributed by atoms with Crippen molar-refractivity contribution in [1.82, 2.24) is 0 Å². The maximum Gasteiger partial charge on any atom is 0.0540 e. The van der Waals surface area contributed by atoms with Gasteiger partial charge in [0.05, 0.1) is 6.10 Å². The molecule has 0 bridgehead atoms. The Labute approximate surface area is 108 Å². The van der Waals surface area contributed by atoms with Crippen LogP contribution >= 0.6 is 0 Å². The van der Waals surface area contributed by atoms with E-state index in [1.54, 1.807) is 0 Å². The normalized spacial score (nSPS) is 14.5. The van der Waals surface area contributed by atoms with Gasteiger partial charge in [-0.2, -0.15) is 0 Å². The van der Waals surface area contributed by atoms with Crippen molar-refractivity contribution in [2.75, 3.05) is 0 Å². The molecule has 0 heterocycles. The van der Waals surface area contributed by atoms with Crippen LogP contribution in [0.3, 0.4) is 0 Å². The molecule has 0 rings (SSSR count). The molecule has 0 aromatic heterocycles. The van der Waals surface area contributed by atoms with E-state index < -0.39 is 0 Å². The quantitative estimate of drug-likeness (QED) is 0.372. The van der Waals surface area contributed by atoms with Gasteiger partial charge >= 0.3 is 0 Å². The molecule has 0 radical (unpaired) electrons. The van der Waals surface area contributed by atoms with Gasteiger partial charge in [0.1, 0.15) is 0 Å². The van der Waals surface area contributed by atoms with Crippen LogP contribution in [0.1, 0.15) is 78.1 Å². The molecule has 0 fully saturated rings. The van der Waals surface area contributed by atoms with Crippen molar-refractivity contribution in [2.24, 2.45) is 5.92 Å². The zero-order valence-corrected chi connectivity index (χ0v) is 12.0. The number of hydrogen-bond acceptors (Lipinski definition) is 1. The molecule has 102 valence electrons. The molecule has 0 saturated heterocycles. The SMILES string of the molecule is C=CCCC[C@@H](O)CCCCC[C@H](C)CCC. The topological polar surface area (TPSA) is 20.2 Å². The summed E-state index contributed by atoms with van der Waals surface area (Å²) >= 11 is 0. The van der Waals surface area contributed by atoms with Crippen LogP contribution in [0, 0.1) is 5.92 Å². The van der Waals surface area contributed by atoms with Gasteiger partial charge in [-0.25, -0.2) is 0 Å². The molecule has 0 aliphatic rings. The lowest BCUT2D eigenvalue weighted by molar-refractivity contribution is 0.148. The van der Waals surface area contributed by atoms with E-state index in [0.29, 0.717) is 0 Å². The summed E-state index contributed by atoms with van der Waals surface area (Å²) < 4.78 is 0. The highest BCUT2D eigenvalue weighted by Crippen LogP contribution is 2.16. The zero-order chi connectivity index (χ0) is 12.9. The second kappa shape index (κ2) is 12.2. The fourth-order valence-electron chi connectivity index (χ4n) is 2.33. The third-order valence-corrected chi connectivity index (χ3v) is 3.46. The number of unbranched alkanes of at least 4 members (excludes halogenated alkanes) is 3. The molecule has 0 spiro atoms. The fourth-order valence-corrected chi connectivity index (χ4v) is 2.33. The Morgan fingerprint density at radius 1 is 1.00 bits per heavy atom. The Bertz CT molecular complexity index is 165. The Hall–Kier alpha value is -0.300. The minimum absolute atomic E-state index is 0.0805. The summed E-state index contributed by atoms with van der Waals surface area (Å²) in [5.74, 6) is 0.887. The van der Waals surface area contributed by atoms with Gasteiger partial charge in [0.15, 0.2) is 0 Å². The van der Waals surface area contributed by atoms with Crippen LogP contribution in [0.2, 0.25) is 0 Å². The van der Waals surface area contributed by atoms with Crippen LogP contribution in [0.4, 0.5) is 0 Å². The minimum Gasteiger partial charge on any atom is -0.393 e. The molecular weight excluding hydrogens is 208 g/mol. The maximum absolute atomic E-state index is 9.73. The van der Waals surface area contributed by atoms with Gasteiger partial charge in [0.2, 0.25) is 0 Å². The summed E-state index contributed by atoms with van der Waals surface area (Å²) in [6, 6.07) is 0. The molecule has 17 heavy (non-hydrogen) atoms. The molecule has 0 aromatic rings. The summed E-state index contributed by atoms with van der Waals surface area (Å²) in [5.41, 5.74) is 0. The van der Waals surface area contributed by atoms with E-state index in [4.69, 9.17) is 0 Å². The van der Waals surface area contributed by atoms with Gasteiger partial charge in [-0.1, -0.05) is 58.4 Å². The van der Waals surface area contributed by atoms with Gasteiger partial charge in [0.25, 0.3) is 0 Å². The van der Waals surface area contributed by atoms with Crippen molar-refractivity contribution < 1.29 is 5.11 Å². The van der Waals surface area contributed by atoms with Gasteiger partial charge < -0.3 is 5.11 Å². The molecule has 1 N–H and O–H groups in total. The summed E-state index contributed by atoms with van der Waals surface area (Å²) in [5, 5.41) is 9.73. The maximum atomic E-state index is 9.73. The molecule has 0 aliphatic carbocycles. The molecule has 0 saturated carbocycles. The molecule has 0 amide bonds. The molecule has 1 nitrogen and oxygen atoms in total. The molecule has 0 aromatic carbocycles. The highest BCUT2D eigenvalue weighted by molar-refractivity contribution is 4.67. The Balaban J connectivity index is 3.23. The first-order chi connectivity index (χ1) is 8.20. The Morgan fingerprint density at radius 2 is 1.65 bits per heavy atom.